The number of anilines is 1. The summed E-state index contributed by atoms with van der Waals surface area (Å²) in [5.41, 5.74) is 8.55. The van der Waals surface area contributed by atoms with Gasteiger partial charge in [0.15, 0.2) is 28.5 Å². The molecule has 10 nitrogen and oxygen atoms in total. The zero-order chi connectivity index (χ0) is 24.6. The van der Waals surface area contributed by atoms with Crippen LogP contribution in [0, 0.1) is 12.0 Å². The van der Waals surface area contributed by atoms with Gasteiger partial charge in [0, 0.05) is 31.6 Å². The molecule has 3 aromatic heterocycles. The van der Waals surface area contributed by atoms with Gasteiger partial charge in [-0.05, 0) is 55.0 Å². The summed E-state index contributed by atoms with van der Waals surface area (Å²) in [6, 6.07) is 7.54. The van der Waals surface area contributed by atoms with E-state index in [0.29, 0.717) is 53.1 Å². The Hall–Kier alpha value is -4.15. The molecule has 0 bridgehead atoms. The summed E-state index contributed by atoms with van der Waals surface area (Å²) >= 11 is 0. The molecule has 1 saturated heterocycles. The molecule has 1 amide bonds. The van der Waals surface area contributed by atoms with Gasteiger partial charge < -0.3 is 29.1 Å². The van der Waals surface area contributed by atoms with Crippen molar-refractivity contribution in [2.45, 2.75) is 32.2 Å². The smallest absolute Gasteiger partial charge is 0.312 e. The van der Waals surface area contributed by atoms with Crippen molar-refractivity contribution in [2.24, 2.45) is 5.92 Å². The fourth-order valence-corrected chi connectivity index (χ4v) is 5.03. The lowest BCUT2D eigenvalue weighted by molar-refractivity contribution is -0.119. The Morgan fingerprint density at radius 3 is 2.69 bits per heavy atom. The molecule has 2 aliphatic rings. The number of fused-ring (bicyclic) bond motifs is 2. The Labute approximate surface area is 205 Å². The van der Waals surface area contributed by atoms with Crippen LogP contribution < -0.4 is 15.2 Å². The van der Waals surface area contributed by atoms with Crippen LogP contribution in [0.4, 0.5) is 10.2 Å². The normalized spacial score (nSPS) is 15.6. The molecule has 0 aliphatic carbocycles. The number of benzene rings is 1. The lowest BCUT2D eigenvalue weighted by Gasteiger charge is -2.29. The van der Waals surface area contributed by atoms with Gasteiger partial charge in [0.25, 0.3) is 0 Å². The summed E-state index contributed by atoms with van der Waals surface area (Å²) in [6.45, 7) is 2.25. The second kappa shape index (κ2) is 9.14. The molecule has 0 spiro atoms. The first-order valence-electron chi connectivity index (χ1n) is 11.9. The number of halogens is 1. The molecule has 186 valence electrons. The number of rotatable bonds is 7. The van der Waals surface area contributed by atoms with Crippen molar-refractivity contribution in [3.05, 3.63) is 48.0 Å². The van der Waals surface area contributed by atoms with E-state index in [1.165, 1.54) is 0 Å². The van der Waals surface area contributed by atoms with Crippen LogP contribution in [0.3, 0.4) is 0 Å². The minimum atomic E-state index is -0.883. The van der Waals surface area contributed by atoms with Crippen molar-refractivity contribution in [3.8, 4) is 22.8 Å². The van der Waals surface area contributed by atoms with E-state index in [-0.39, 0.29) is 12.6 Å². The largest absolute Gasteiger partial charge is 0.464 e. The van der Waals surface area contributed by atoms with Crippen LogP contribution in [0.15, 0.2) is 34.9 Å². The number of aryl methyl sites for hydroxylation is 1. The van der Waals surface area contributed by atoms with Crippen LogP contribution in [-0.4, -0.2) is 50.7 Å². The Morgan fingerprint density at radius 1 is 1.14 bits per heavy atom. The number of hydrogen-bond acceptors (Lipinski definition) is 8. The van der Waals surface area contributed by atoms with E-state index >= 15 is 0 Å². The van der Waals surface area contributed by atoms with E-state index in [1.54, 1.807) is 11.2 Å². The van der Waals surface area contributed by atoms with Crippen LogP contribution in [0.5, 0.6) is 11.5 Å². The van der Waals surface area contributed by atoms with Gasteiger partial charge in [0.1, 0.15) is 11.6 Å². The third-order valence-electron chi connectivity index (χ3n) is 6.97. The van der Waals surface area contributed by atoms with Crippen molar-refractivity contribution in [1.29, 1.82) is 0 Å². The third-order valence-corrected chi connectivity index (χ3v) is 6.97. The van der Waals surface area contributed by atoms with E-state index < -0.39 is 6.08 Å². The van der Waals surface area contributed by atoms with Gasteiger partial charge in [-0.1, -0.05) is 0 Å². The first-order valence-corrected chi connectivity index (χ1v) is 11.9. The molecule has 4 aromatic rings. The molecule has 2 N–H and O–H groups in total. The maximum Gasteiger partial charge on any atom is 0.312 e. The van der Waals surface area contributed by atoms with E-state index in [1.807, 2.05) is 28.8 Å². The molecule has 2 aliphatic heterocycles. The second-order valence-electron chi connectivity index (χ2n) is 9.12. The summed E-state index contributed by atoms with van der Waals surface area (Å²) in [6.07, 6.45) is 4.76. The molecule has 0 unspecified atom stereocenters. The molecule has 5 heterocycles. The molecule has 0 atom stereocenters. The number of aromatic nitrogens is 4. The molecule has 0 radical (unpaired) electrons. The molecular formula is C25H25FN6O4. The number of likely N-dealkylation sites (tertiary alicyclic amines) is 1. The van der Waals surface area contributed by atoms with Crippen LogP contribution >= 0.6 is 0 Å². The highest BCUT2D eigenvalue weighted by Crippen LogP contribution is 2.40. The Kier molecular flexibility index (Phi) is 5.67. The van der Waals surface area contributed by atoms with Gasteiger partial charge in [-0.25, -0.2) is 4.98 Å². The molecular weight excluding hydrogens is 467 g/mol. The first-order chi connectivity index (χ1) is 17.6. The average Bonchev–Trinajstić information content (AvgIpc) is 3.63. The summed E-state index contributed by atoms with van der Waals surface area (Å²) in [4.78, 5) is 25.3. The van der Waals surface area contributed by atoms with Crippen molar-refractivity contribution in [3.63, 3.8) is 0 Å². The highest BCUT2D eigenvalue weighted by atomic mass is 19.1. The maximum atomic E-state index is 14.2. The number of nitrogens with two attached hydrogens (primary N) is 1. The van der Waals surface area contributed by atoms with E-state index in [2.05, 4.69) is 9.97 Å². The summed E-state index contributed by atoms with van der Waals surface area (Å²) in [7, 11) is 0. The Balaban J connectivity index is 1.37. The minimum absolute atomic E-state index is 0.00809. The van der Waals surface area contributed by atoms with Crippen molar-refractivity contribution < 1.29 is 23.1 Å². The van der Waals surface area contributed by atoms with Gasteiger partial charge >= 0.3 is 6.08 Å². The topological polar surface area (TPSA) is 122 Å². The number of imidazole rings is 1. The third kappa shape index (κ3) is 4.10. The predicted molar refractivity (Wildman–Crippen MR) is 128 cm³/mol. The van der Waals surface area contributed by atoms with Crippen molar-refractivity contribution in [2.75, 3.05) is 25.6 Å². The Bertz CT molecular complexity index is 1410. The standard InChI is InChI=1S/C25H25FN6O4/c26-25-29-23(27)22-24(30-25)32(8-5-15-3-6-31(13-33)7-4-15)21(28-22)11-16-10-19-20(36-14-35-19)12-17(16)18-2-1-9-34-18/h1-2,9-10,12-13,15H,3-8,11,14H2,(H2,27,29,30). The number of furan rings is 1. The SMILES string of the molecule is Nc1nc(F)nc2c1nc(Cc1cc3c(cc1-c1ccco1)OCO3)n2CCC1CCN(C=O)CC1. The minimum Gasteiger partial charge on any atom is -0.464 e. The van der Waals surface area contributed by atoms with E-state index in [4.69, 9.17) is 24.6 Å². The number of ether oxygens (including phenoxy) is 2. The predicted octanol–water partition coefficient (Wildman–Crippen LogP) is 3.39. The van der Waals surface area contributed by atoms with E-state index in [9.17, 15) is 9.18 Å². The zero-order valence-electron chi connectivity index (χ0n) is 19.5. The van der Waals surface area contributed by atoms with Crippen LogP contribution in [0.2, 0.25) is 0 Å². The summed E-state index contributed by atoms with van der Waals surface area (Å²) < 4.78 is 33.0. The Morgan fingerprint density at radius 2 is 1.94 bits per heavy atom. The highest BCUT2D eigenvalue weighted by Gasteiger charge is 2.24. The van der Waals surface area contributed by atoms with Gasteiger partial charge in [-0.2, -0.15) is 14.4 Å². The summed E-state index contributed by atoms with van der Waals surface area (Å²) in [5.74, 6) is 3.13. The van der Waals surface area contributed by atoms with Crippen LogP contribution in [0.1, 0.15) is 30.7 Å². The average molecular weight is 493 g/mol. The monoisotopic (exact) mass is 492 g/mol. The molecule has 6 rings (SSSR count). The van der Waals surface area contributed by atoms with Crippen LogP contribution in [0.25, 0.3) is 22.5 Å². The number of nitrogen functional groups attached to an aromatic ring is 1. The van der Waals surface area contributed by atoms with Crippen molar-refractivity contribution >= 4 is 23.4 Å². The highest BCUT2D eigenvalue weighted by molar-refractivity contribution is 5.82. The zero-order valence-corrected chi connectivity index (χ0v) is 19.5. The molecule has 36 heavy (non-hydrogen) atoms. The fourth-order valence-electron chi connectivity index (χ4n) is 5.03. The lowest BCUT2D eigenvalue weighted by Crippen LogP contribution is -2.32. The number of hydrogen-bond donors (Lipinski definition) is 1. The quantitative estimate of drug-likeness (QED) is 0.308. The molecule has 0 saturated carbocycles. The number of carbonyl (C=O) groups is 1. The summed E-state index contributed by atoms with van der Waals surface area (Å²) in [5, 5.41) is 0. The van der Waals surface area contributed by atoms with Crippen molar-refractivity contribution in [1.82, 2.24) is 24.4 Å². The van der Waals surface area contributed by atoms with Gasteiger partial charge in [0.2, 0.25) is 13.2 Å². The van der Waals surface area contributed by atoms with Gasteiger partial charge in [0.05, 0.1) is 6.26 Å². The van der Waals surface area contributed by atoms with Gasteiger partial charge in [-0.3, -0.25) is 4.79 Å². The number of amides is 1. The maximum absolute atomic E-state index is 14.2. The molecule has 1 fully saturated rings. The molecule has 1 aromatic carbocycles. The number of piperidine rings is 1. The lowest BCUT2D eigenvalue weighted by atomic mass is 9.94. The fraction of sp³-hybridized carbons (Fsp3) is 0.360. The number of carbonyl (C=O) groups excluding carboxylic acids is 1. The van der Waals surface area contributed by atoms with E-state index in [0.717, 1.165) is 49.9 Å². The second-order valence-corrected chi connectivity index (χ2v) is 9.12. The molecule has 11 heteroatoms. The van der Waals surface area contributed by atoms with Gasteiger partial charge in [-0.15, -0.1) is 0 Å². The number of nitrogens with zero attached hydrogens (tertiary/aromatic N) is 5. The van der Waals surface area contributed by atoms with Crippen LogP contribution in [-0.2, 0) is 17.8 Å². The first kappa shape index (κ1) is 22.3.